The molecule has 1 heterocycles. The number of amides is 2. The molecule has 7 heteroatoms. The highest BCUT2D eigenvalue weighted by atomic mass is 35.5. The Morgan fingerprint density at radius 1 is 1.20 bits per heavy atom. The Bertz CT molecular complexity index is 794. The van der Waals surface area contributed by atoms with Crippen LogP contribution in [-0.2, 0) is 9.59 Å². The molecular weight excluding hydrogens is 358 g/mol. The van der Waals surface area contributed by atoms with Gasteiger partial charge in [-0.15, -0.1) is 0 Å². The SMILES string of the molecule is O=C1C[C@H](c2ccccc2)N=C(SCC(=O)Nc2ccc(Cl)cc2)N1. The van der Waals surface area contributed by atoms with Crippen molar-refractivity contribution in [2.45, 2.75) is 12.5 Å². The Hall–Kier alpha value is -2.31. The molecule has 0 radical (unpaired) electrons. The maximum absolute atomic E-state index is 12.0. The van der Waals surface area contributed by atoms with E-state index in [1.165, 1.54) is 11.8 Å². The molecule has 0 aromatic heterocycles. The van der Waals surface area contributed by atoms with E-state index in [1.807, 2.05) is 30.3 Å². The molecular formula is C18H16ClN3O2S. The Labute approximate surface area is 154 Å². The van der Waals surface area contributed by atoms with Crippen LogP contribution in [0.25, 0.3) is 0 Å². The maximum Gasteiger partial charge on any atom is 0.234 e. The van der Waals surface area contributed by atoms with E-state index in [0.29, 0.717) is 22.3 Å². The molecule has 1 atom stereocenters. The molecule has 0 fully saturated rings. The van der Waals surface area contributed by atoms with Gasteiger partial charge in [0.2, 0.25) is 11.8 Å². The zero-order valence-corrected chi connectivity index (χ0v) is 14.8. The van der Waals surface area contributed by atoms with Crippen LogP contribution in [0.3, 0.4) is 0 Å². The zero-order chi connectivity index (χ0) is 17.6. The predicted octanol–water partition coefficient (Wildman–Crippen LogP) is 3.63. The van der Waals surface area contributed by atoms with Crippen molar-refractivity contribution in [2.24, 2.45) is 4.99 Å². The van der Waals surface area contributed by atoms with Crippen molar-refractivity contribution in [2.75, 3.05) is 11.1 Å². The molecule has 3 rings (SSSR count). The summed E-state index contributed by atoms with van der Waals surface area (Å²) in [5.74, 6) is -0.112. The van der Waals surface area contributed by atoms with E-state index in [4.69, 9.17) is 11.6 Å². The van der Waals surface area contributed by atoms with Crippen molar-refractivity contribution in [3.8, 4) is 0 Å². The van der Waals surface area contributed by atoms with Crippen LogP contribution in [0.2, 0.25) is 5.02 Å². The summed E-state index contributed by atoms with van der Waals surface area (Å²) in [4.78, 5) is 28.5. The molecule has 0 saturated carbocycles. The lowest BCUT2D eigenvalue weighted by Gasteiger charge is -2.20. The molecule has 25 heavy (non-hydrogen) atoms. The Balaban J connectivity index is 1.59. The lowest BCUT2D eigenvalue weighted by Crippen LogP contribution is -2.35. The number of nitrogens with zero attached hydrogens (tertiary/aromatic N) is 1. The van der Waals surface area contributed by atoms with Crippen LogP contribution in [-0.4, -0.2) is 22.7 Å². The maximum atomic E-state index is 12.0. The van der Waals surface area contributed by atoms with Gasteiger partial charge in [0.1, 0.15) is 0 Å². The fourth-order valence-electron chi connectivity index (χ4n) is 2.37. The number of carbonyl (C=O) groups excluding carboxylic acids is 2. The first-order valence-corrected chi connectivity index (χ1v) is 9.07. The van der Waals surface area contributed by atoms with Crippen molar-refractivity contribution >= 4 is 46.0 Å². The van der Waals surface area contributed by atoms with Gasteiger partial charge in [-0.25, -0.2) is 0 Å². The minimum atomic E-state index is -0.211. The van der Waals surface area contributed by atoms with Crippen LogP contribution in [0.1, 0.15) is 18.0 Å². The van der Waals surface area contributed by atoms with Crippen LogP contribution in [0.15, 0.2) is 59.6 Å². The molecule has 0 spiro atoms. The van der Waals surface area contributed by atoms with E-state index < -0.39 is 0 Å². The van der Waals surface area contributed by atoms with Crippen molar-refractivity contribution in [1.29, 1.82) is 0 Å². The minimum absolute atomic E-state index is 0.0931. The molecule has 128 valence electrons. The standard InChI is InChI=1S/C18H16ClN3O2S/c19-13-6-8-14(9-7-13)20-17(24)11-25-18-21-15(10-16(23)22-18)12-4-2-1-3-5-12/h1-9,15H,10-11H2,(H,20,24)(H,21,22,23)/t15-/m1/s1. The van der Waals surface area contributed by atoms with Gasteiger partial charge in [0, 0.05) is 10.7 Å². The Kier molecular flexibility index (Phi) is 5.73. The van der Waals surface area contributed by atoms with Crippen LogP contribution >= 0.6 is 23.4 Å². The highest BCUT2D eigenvalue weighted by Gasteiger charge is 2.22. The largest absolute Gasteiger partial charge is 0.325 e. The molecule has 2 aromatic rings. The highest BCUT2D eigenvalue weighted by molar-refractivity contribution is 8.14. The number of rotatable bonds is 4. The summed E-state index contributed by atoms with van der Waals surface area (Å²) in [6, 6.07) is 16.3. The van der Waals surface area contributed by atoms with E-state index in [2.05, 4.69) is 15.6 Å². The molecule has 2 amide bonds. The van der Waals surface area contributed by atoms with E-state index in [1.54, 1.807) is 24.3 Å². The third-order valence-corrected chi connectivity index (χ3v) is 4.69. The lowest BCUT2D eigenvalue weighted by atomic mass is 10.0. The number of thioether (sulfide) groups is 1. The number of hydrogen-bond acceptors (Lipinski definition) is 4. The van der Waals surface area contributed by atoms with Gasteiger partial charge in [0.15, 0.2) is 5.17 Å². The fourth-order valence-corrected chi connectivity index (χ4v) is 3.22. The molecule has 2 N–H and O–H groups in total. The number of amidine groups is 1. The molecule has 1 aliphatic heterocycles. The van der Waals surface area contributed by atoms with Crippen molar-refractivity contribution < 1.29 is 9.59 Å². The third kappa shape index (κ3) is 5.08. The molecule has 2 aromatic carbocycles. The van der Waals surface area contributed by atoms with Crippen molar-refractivity contribution in [1.82, 2.24) is 5.32 Å². The smallest absolute Gasteiger partial charge is 0.234 e. The summed E-state index contributed by atoms with van der Waals surface area (Å²) in [6.45, 7) is 0. The highest BCUT2D eigenvalue weighted by Crippen LogP contribution is 2.25. The van der Waals surface area contributed by atoms with Crippen molar-refractivity contribution in [3.63, 3.8) is 0 Å². The van der Waals surface area contributed by atoms with Gasteiger partial charge in [-0.3, -0.25) is 14.6 Å². The second kappa shape index (κ2) is 8.18. The summed E-state index contributed by atoms with van der Waals surface area (Å²) < 4.78 is 0. The Morgan fingerprint density at radius 3 is 2.64 bits per heavy atom. The summed E-state index contributed by atoms with van der Waals surface area (Å²) in [7, 11) is 0. The van der Waals surface area contributed by atoms with Gasteiger partial charge in [0.25, 0.3) is 0 Å². The average Bonchev–Trinajstić information content (AvgIpc) is 2.62. The summed E-state index contributed by atoms with van der Waals surface area (Å²) in [6.07, 6.45) is 0.311. The first-order valence-electron chi connectivity index (χ1n) is 7.71. The van der Waals surface area contributed by atoms with Gasteiger partial charge in [-0.05, 0) is 29.8 Å². The number of nitrogens with one attached hydrogen (secondary N) is 2. The number of benzene rings is 2. The predicted molar refractivity (Wildman–Crippen MR) is 102 cm³/mol. The van der Waals surface area contributed by atoms with Crippen LogP contribution in [0.4, 0.5) is 5.69 Å². The van der Waals surface area contributed by atoms with E-state index >= 15 is 0 Å². The summed E-state index contributed by atoms with van der Waals surface area (Å²) >= 11 is 7.03. The van der Waals surface area contributed by atoms with Gasteiger partial charge in [0.05, 0.1) is 18.2 Å². The molecule has 0 aliphatic carbocycles. The van der Waals surface area contributed by atoms with Gasteiger partial charge < -0.3 is 10.6 Å². The summed E-state index contributed by atoms with van der Waals surface area (Å²) in [5, 5.41) is 6.57. The number of anilines is 1. The molecule has 5 nitrogen and oxygen atoms in total. The minimum Gasteiger partial charge on any atom is -0.325 e. The van der Waals surface area contributed by atoms with E-state index in [9.17, 15) is 9.59 Å². The van der Waals surface area contributed by atoms with Gasteiger partial charge in [-0.1, -0.05) is 53.7 Å². The van der Waals surface area contributed by atoms with E-state index in [-0.39, 0.29) is 23.6 Å². The third-order valence-electron chi connectivity index (χ3n) is 3.55. The van der Waals surface area contributed by atoms with Gasteiger partial charge in [-0.2, -0.15) is 0 Å². The topological polar surface area (TPSA) is 70.6 Å². The first-order chi connectivity index (χ1) is 12.1. The number of aliphatic imine (C=N–C) groups is 1. The second-order valence-corrected chi connectivity index (χ2v) is 6.86. The van der Waals surface area contributed by atoms with Gasteiger partial charge >= 0.3 is 0 Å². The molecule has 0 bridgehead atoms. The number of carbonyl (C=O) groups is 2. The second-order valence-electron chi connectivity index (χ2n) is 5.46. The van der Waals surface area contributed by atoms with E-state index in [0.717, 1.165) is 5.56 Å². The van der Waals surface area contributed by atoms with Crippen molar-refractivity contribution in [3.05, 3.63) is 65.2 Å². The summed E-state index contributed by atoms with van der Waals surface area (Å²) in [5.41, 5.74) is 1.66. The number of hydrogen-bond donors (Lipinski definition) is 2. The quantitative estimate of drug-likeness (QED) is 0.859. The van der Waals surface area contributed by atoms with Crippen LogP contribution < -0.4 is 10.6 Å². The molecule has 1 aliphatic rings. The monoisotopic (exact) mass is 373 g/mol. The normalized spacial score (nSPS) is 16.8. The Morgan fingerprint density at radius 2 is 1.92 bits per heavy atom. The molecule has 0 saturated heterocycles. The zero-order valence-electron chi connectivity index (χ0n) is 13.2. The van der Waals surface area contributed by atoms with Crippen LogP contribution in [0.5, 0.6) is 0 Å². The lowest BCUT2D eigenvalue weighted by molar-refractivity contribution is -0.120. The fraction of sp³-hybridized carbons (Fsp3) is 0.167. The van der Waals surface area contributed by atoms with Crippen LogP contribution in [0, 0.1) is 0 Å². The number of halogens is 1. The average molecular weight is 374 g/mol. The first kappa shape index (κ1) is 17.5. The molecule has 0 unspecified atom stereocenters.